The molecule has 0 spiro atoms. The lowest BCUT2D eigenvalue weighted by Crippen LogP contribution is -2.40. The molecule has 1 N–H and O–H groups in total. The monoisotopic (exact) mass is 260 g/mol. The van der Waals surface area contributed by atoms with Crippen molar-refractivity contribution in [3.63, 3.8) is 0 Å². The summed E-state index contributed by atoms with van der Waals surface area (Å²) in [6.07, 6.45) is 6.45. The second-order valence-electron chi connectivity index (χ2n) is 5.56. The maximum atomic E-state index is 12.9. The molecule has 0 aliphatic heterocycles. The predicted molar refractivity (Wildman–Crippen MR) is 75.2 cm³/mol. The van der Waals surface area contributed by atoms with Gasteiger partial charge in [0.15, 0.2) is 0 Å². The van der Waals surface area contributed by atoms with E-state index in [9.17, 15) is 9.65 Å². The molecule has 0 unspecified atom stereocenters. The van der Waals surface area contributed by atoms with Crippen LogP contribution in [-0.4, -0.2) is 5.54 Å². The van der Waals surface area contributed by atoms with Gasteiger partial charge in [-0.1, -0.05) is 19.8 Å². The molecule has 0 amide bonds. The van der Waals surface area contributed by atoms with Gasteiger partial charge >= 0.3 is 0 Å². The molecule has 3 heteroatoms. The molecule has 1 aromatic carbocycles. The number of hydrogen-bond acceptors (Lipinski definition) is 2. The van der Waals surface area contributed by atoms with E-state index in [2.05, 4.69) is 18.3 Å². The van der Waals surface area contributed by atoms with Crippen molar-refractivity contribution in [1.29, 1.82) is 5.26 Å². The minimum absolute atomic E-state index is 0.247. The summed E-state index contributed by atoms with van der Waals surface area (Å²) in [6.45, 7) is 2.21. The smallest absolute Gasteiger partial charge is 0.125 e. The Balaban J connectivity index is 2.01. The van der Waals surface area contributed by atoms with Gasteiger partial charge in [-0.15, -0.1) is 0 Å². The maximum absolute atomic E-state index is 12.9. The van der Waals surface area contributed by atoms with Crippen molar-refractivity contribution < 1.29 is 4.39 Å². The molecule has 102 valence electrons. The minimum Gasteiger partial charge on any atom is -0.367 e. The lowest BCUT2D eigenvalue weighted by Gasteiger charge is -2.36. The predicted octanol–water partition coefficient (Wildman–Crippen LogP) is 4.49. The zero-order valence-corrected chi connectivity index (χ0v) is 11.5. The Kier molecular flexibility index (Phi) is 4.42. The first kappa shape index (κ1) is 13.9. The van der Waals surface area contributed by atoms with Crippen LogP contribution in [-0.2, 0) is 0 Å². The normalized spacial score (nSPS) is 26.7. The number of anilines is 1. The molecule has 1 aliphatic rings. The van der Waals surface area contributed by atoms with E-state index < -0.39 is 5.54 Å². The highest BCUT2D eigenvalue weighted by Crippen LogP contribution is 2.36. The Morgan fingerprint density at radius 1 is 1.32 bits per heavy atom. The van der Waals surface area contributed by atoms with Crippen LogP contribution >= 0.6 is 0 Å². The van der Waals surface area contributed by atoms with Gasteiger partial charge in [0.2, 0.25) is 0 Å². The van der Waals surface area contributed by atoms with E-state index in [-0.39, 0.29) is 5.82 Å². The fourth-order valence-electron chi connectivity index (χ4n) is 2.94. The third-order valence-corrected chi connectivity index (χ3v) is 4.10. The Hall–Kier alpha value is -1.56. The van der Waals surface area contributed by atoms with Crippen LogP contribution in [0.15, 0.2) is 24.3 Å². The highest BCUT2D eigenvalue weighted by molar-refractivity contribution is 5.47. The standard InChI is InChI=1S/C16H21FN2/c1-2-3-13-8-10-16(12-18,11-9-13)19-15-6-4-14(17)5-7-15/h4-7,13,19H,2-3,8-11H2,1H3. The summed E-state index contributed by atoms with van der Waals surface area (Å²) in [4.78, 5) is 0. The van der Waals surface area contributed by atoms with Crippen LogP contribution in [0.3, 0.4) is 0 Å². The van der Waals surface area contributed by atoms with E-state index in [1.54, 1.807) is 12.1 Å². The summed E-state index contributed by atoms with van der Waals surface area (Å²) < 4.78 is 12.9. The lowest BCUT2D eigenvalue weighted by atomic mass is 9.75. The Morgan fingerprint density at radius 3 is 2.47 bits per heavy atom. The van der Waals surface area contributed by atoms with Crippen LogP contribution in [0.4, 0.5) is 10.1 Å². The van der Waals surface area contributed by atoms with Gasteiger partial charge in [0.25, 0.3) is 0 Å². The number of nitriles is 1. The average Bonchev–Trinajstić information content (AvgIpc) is 2.44. The number of rotatable bonds is 4. The molecule has 2 nitrogen and oxygen atoms in total. The maximum Gasteiger partial charge on any atom is 0.125 e. The number of nitrogens with one attached hydrogen (secondary N) is 1. The van der Waals surface area contributed by atoms with Gasteiger partial charge in [-0.3, -0.25) is 0 Å². The zero-order valence-electron chi connectivity index (χ0n) is 11.5. The van der Waals surface area contributed by atoms with Crippen molar-refractivity contribution in [3.8, 4) is 6.07 Å². The average molecular weight is 260 g/mol. The Labute approximate surface area is 114 Å². The van der Waals surface area contributed by atoms with Gasteiger partial charge in [-0.25, -0.2) is 4.39 Å². The fourth-order valence-corrected chi connectivity index (χ4v) is 2.94. The molecule has 1 fully saturated rings. The van der Waals surface area contributed by atoms with Crippen LogP contribution in [0, 0.1) is 23.1 Å². The first-order valence-corrected chi connectivity index (χ1v) is 7.12. The van der Waals surface area contributed by atoms with Crippen molar-refractivity contribution in [1.82, 2.24) is 0 Å². The van der Waals surface area contributed by atoms with Gasteiger partial charge < -0.3 is 5.32 Å². The van der Waals surface area contributed by atoms with Gasteiger partial charge in [-0.2, -0.15) is 5.26 Å². The topological polar surface area (TPSA) is 35.8 Å². The third-order valence-electron chi connectivity index (χ3n) is 4.10. The second-order valence-corrected chi connectivity index (χ2v) is 5.56. The van der Waals surface area contributed by atoms with Crippen LogP contribution < -0.4 is 5.32 Å². The first-order chi connectivity index (χ1) is 9.17. The minimum atomic E-state index is -0.470. The van der Waals surface area contributed by atoms with E-state index in [0.717, 1.165) is 37.3 Å². The lowest BCUT2D eigenvalue weighted by molar-refractivity contribution is 0.282. The molecule has 1 aliphatic carbocycles. The largest absolute Gasteiger partial charge is 0.367 e. The van der Waals surface area contributed by atoms with E-state index in [4.69, 9.17) is 0 Å². The molecule has 0 bridgehead atoms. The summed E-state index contributed by atoms with van der Waals surface area (Å²) in [7, 11) is 0. The third kappa shape index (κ3) is 3.47. The Bertz CT molecular complexity index is 439. The highest BCUT2D eigenvalue weighted by Gasteiger charge is 2.35. The quantitative estimate of drug-likeness (QED) is 0.865. The molecule has 1 aromatic rings. The number of hydrogen-bond donors (Lipinski definition) is 1. The van der Waals surface area contributed by atoms with E-state index in [1.807, 2.05) is 0 Å². The molecular formula is C16H21FN2. The van der Waals surface area contributed by atoms with Gasteiger partial charge in [-0.05, 0) is 55.9 Å². The van der Waals surface area contributed by atoms with Gasteiger partial charge in [0.1, 0.15) is 11.4 Å². The zero-order chi connectivity index (χ0) is 13.7. The van der Waals surface area contributed by atoms with Crippen molar-refractivity contribution in [2.75, 3.05) is 5.32 Å². The summed E-state index contributed by atoms with van der Waals surface area (Å²) in [6, 6.07) is 8.69. The molecule has 1 saturated carbocycles. The van der Waals surface area contributed by atoms with Crippen LogP contribution in [0.1, 0.15) is 45.4 Å². The van der Waals surface area contributed by atoms with Gasteiger partial charge in [0.05, 0.1) is 6.07 Å². The van der Waals surface area contributed by atoms with Crippen LogP contribution in [0.5, 0.6) is 0 Å². The van der Waals surface area contributed by atoms with E-state index >= 15 is 0 Å². The van der Waals surface area contributed by atoms with Gasteiger partial charge in [0, 0.05) is 5.69 Å². The fraction of sp³-hybridized carbons (Fsp3) is 0.562. The number of benzene rings is 1. The van der Waals surface area contributed by atoms with Crippen molar-refractivity contribution in [2.24, 2.45) is 5.92 Å². The van der Waals surface area contributed by atoms with E-state index in [1.165, 1.54) is 25.0 Å². The van der Waals surface area contributed by atoms with Crippen molar-refractivity contribution >= 4 is 5.69 Å². The molecule has 19 heavy (non-hydrogen) atoms. The molecule has 0 aromatic heterocycles. The van der Waals surface area contributed by atoms with Crippen LogP contribution in [0.25, 0.3) is 0 Å². The highest BCUT2D eigenvalue weighted by atomic mass is 19.1. The Morgan fingerprint density at radius 2 is 1.95 bits per heavy atom. The second kappa shape index (κ2) is 6.06. The van der Waals surface area contributed by atoms with Crippen molar-refractivity contribution in [2.45, 2.75) is 51.0 Å². The SMILES string of the molecule is CCCC1CCC(C#N)(Nc2ccc(F)cc2)CC1. The summed E-state index contributed by atoms with van der Waals surface area (Å²) in [5.74, 6) is 0.518. The van der Waals surface area contributed by atoms with E-state index in [0.29, 0.717) is 0 Å². The molecule has 2 rings (SSSR count). The number of nitrogens with zero attached hydrogens (tertiary/aromatic N) is 1. The van der Waals surface area contributed by atoms with Crippen LogP contribution in [0.2, 0.25) is 0 Å². The number of halogens is 1. The molecule has 0 atom stereocenters. The summed E-state index contributed by atoms with van der Waals surface area (Å²) in [5, 5.41) is 12.8. The summed E-state index contributed by atoms with van der Waals surface area (Å²) >= 11 is 0. The summed E-state index contributed by atoms with van der Waals surface area (Å²) in [5.41, 5.74) is 0.360. The molecule has 0 heterocycles. The molecule has 0 radical (unpaired) electrons. The molecule has 0 saturated heterocycles. The van der Waals surface area contributed by atoms with Crippen molar-refractivity contribution in [3.05, 3.63) is 30.1 Å². The molecular weight excluding hydrogens is 239 g/mol. The first-order valence-electron chi connectivity index (χ1n) is 7.12.